The fourth-order valence-electron chi connectivity index (χ4n) is 1.95. The van der Waals surface area contributed by atoms with E-state index >= 15 is 0 Å². The molecule has 0 aliphatic heterocycles. The molecular weight excluding hydrogens is 309 g/mol. The maximum atomic E-state index is 9.59. The molecule has 108 valence electrons. The van der Waals surface area contributed by atoms with Crippen molar-refractivity contribution >= 4 is 28.9 Å². The standard InChI is InChI=1S/C15H13Cl2N3O/c1-15(9-18,11-8-19-6-5-14(11)21-2)20-10-3-4-12(16)13(17)7-10/h3-8,20H,1-2H3. The number of benzene rings is 1. The van der Waals surface area contributed by atoms with Gasteiger partial charge in [-0.2, -0.15) is 5.26 Å². The molecular formula is C15H13Cl2N3O. The highest BCUT2D eigenvalue weighted by Crippen LogP contribution is 2.33. The average Bonchev–Trinajstić information content (AvgIpc) is 2.50. The largest absolute Gasteiger partial charge is 0.496 e. The molecule has 0 spiro atoms. The first-order valence-corrected chi connectivity index (χ1v) is 6.88. The van der Waals surface area contributed by atoms with Gasteiger partial charge in [0.25, 0.3) is 0 Å². The Morgan fingerprint density at radius 3 is 2.67 bits per heavy atom. The van der Waals surface area contributed by atoms with Crippen LogP contribution in [0.5, 0.6) is 5.75 Å². The molecule has 0 saturated carbocycles. The maximum Gasteiger partial charge on any atom is 0.153 e. The Kier molecular flexibility index (Phi) is 4.56. The van der Waals surface area contributed by atoms with Gasteiger partial charge in [-0.3, -0.25) is 4.98 Å². The van der Waals surface area contributed by atoms with E-state index in [4.69, 9.17) is 27.9 Å². The predicted octanol–water partition coefficient (Wildman–Crippen LogP) is 4.25. The number of rotatable bonds is 4. The van der Waals surface area contributed by atoms with Gasteiger partial charge < -0.3 is 10.1 Å². The van der Waals surface area contributed by atoms with Crippen molar-refractivity contribution in [3.8, 4) is 11.8 Å². The topological polar surface area (TPSA) is 57.9 Å². The second-order valence-electron chi connectivity index (χ2n) is 4.57. The van der Waals surface area contributed by atoms with Gasteiger partial charge in [0.15, 0.2) is 5.54 Å². The highest BCUT2D eigenvalue weighted by molar-refractivity contribution is 6.42. The quantitative estimate of drug-likeness (QED) is 0.914. The number of hydrogen-bond donors (Lipinski definition) is 1. The summed E-state index contributed by atoms with van der Waals surface area (Å²) in [5.41, 5.74) is 0.303. The molecule has 1 unspecified atom stereocenters. The summed E-state index contributed by atoms with van der Waals surface area (Å²) in [6, 6.07) is 9.05. The lowest BCUT2D eigenvalue weighted by Gasteiger charge is -2.26. The number of hydrogen-bond acceptors (Lipinski definition) is 4. The summed E-state index contributed by atoms with van der Waals surface area (Å²) < 4.78 is 5.30. The van der Waals surface area contributed by atoms with Gasteiger partial charge in [0.05, 0.1) is 28.8 Å². The molecule has 1 aromatic carbocycles. The lowest BCUT2D eigenvalue weighted by atomic mass is 9.94. The summed E-state index contributed by atoms with van der Waals surface area (Å²) in [5.74, 6) is 0.585. The minimum absolute atomic E-state index is 0.417. The molecule has 0 bridgehead atoms. The Morgan fingerprint density at radius 2 is 2.05 bits per heavy atom. The van der Waals surface area contributed by atoms with E-state index in [-0.39, 0.29) is 0 Å². The zero-order valence-electron chi connectivity index (χ0n) is 11.5. The van der Waals surface area contributed by atoms with Gasteiger partial charge in [-0.15, -0.1) is 0 Å². The highest BCUT2D eigenvalue weighted by Gasteiger charge is 2.30. The Labute approximate surface area is 133 Å². The maximum absolute atomic E-state index is 9.59. The van der Waals surface area contributed by atoms with Crippen molar-refractivity contribution in [2.24, 2.45) is 0 Å². The fraction of sp³-hybridized carbons (Fsp3) is 0.200. The average molecular weight is 322 g/mol. The lowest BCUT2D eigenvalue weighted by Crippen LogP contribution is -2.30. The smallest absolute Gasteiger partial charge is 0.153 e. The third-order valence-electron chi connectivity index (χ3n) is 3.08. The van der Waals surface area contributed by atoms with Crippen molar-refractivity contribution in [1.82, 2.24) is 4.98 Å². The van der Waals surface area contributed by atoms with Gasteiger partial charge in [-0.05, 0) is 31.2 Å². The third-order valence-corrected chi connectivity index (χ3v) is 3.82. The first kappa shape index (κ1) is 15.4. The summed E-state index contributed by atoms with van der Waals surface area (Å²) in [7, 11) is 1.55. The van der Waals surface area contributed by atoms with E-state index < -0.39 is 5.54 Å². The van der Waals surface area contributed by atoms with Crippen LogP contribution in [0.3, 0.4) is 0 Å². The molecule has 0 radical (unpaired) electrons. The number of pyridine rings is 1. The van der Waals surface area contributed by atoms with Gasteiger partial charge in [0.2, 0.25) is 0 Å². The minimum atomic E-state index is -1.02. The molecule has 2 rings (SSSR count). The van der Waals surface area contributed by atoms with Crippen LogP contribution in [0.1, 0.15) is 12.5 Å². The van der Waals surface area contributed by atoms with E-state index in [1.54, 1.807) is 50.7 Å². The molecule has 1 N–H and O–H groups in total. The molecule has 0 aliphatic carbocycles. The van der Waals surface area contributed by atoms with E-state index in [1.165, 1.54) is 0 Å². The molecule has 1 heterocycles. The molecule has 0 saturated heterocycles. The minimum Gasteiger partial charge on any atom is -0.496 e. The molecule has 0 fully saturated rings. The van der Waals surface area contributed by atoms with Crippen LogP contribution < -0.4 is 10.1 Å². The number of methoxy groups -OCH3 is 1. The summed E-state index contributed by atoms with van der Waals surface area (Å²) in [6.07, 6.45) is 3.21. The van der Waals surface area contributed by atoms with Gasteiger partial charge in [-0.25, -0.2) is 0 Å². The van der Waals surface area contributed by atoms with Crippen LogP contribution in [-0.2, 0) is 5.54 Å². The Morgan fingerprint density at radius 1 is 1.29 bits per heavy atom. The molecule has 1 aromatic heterocycles. The number of halogens is 2. The number of nitrogens with zero attached hydrogens (tertiary/aromatic N) is 2. The van der Waals surface area contributed by atoms with Crippen LogP contribution in [0.2, 0.25) is 10.0 Å². The van der Waals surface area contributed by atoms with Crippen molar-refractivity contribution < 1.29 is 4.74 Å². The summed E-state index contributed by atoms with van der Waals surface area (Å²) in [6.45, 7) is 1.75. The summed E-state index contributed by atoms with van der Waals surface area (Å²) in [4.78, 5) is 4.06. The van der Waals surface area contributed by atoms with Gasteiger partial charge >= 0.3 is 0 Å². The van der Waals surface area contributed by atoms with Gasteiger partial charge in [0, 0.05) is 18.1 Å². The molecule has 0 amide bonds. The number of nitriles is 1. The van der Waals surface area contributed by atoms with Crippen molar-refractivity contribution in [2.45, 2.75) is 12.5 Å². The van der Waals surface area contributed by atoms with E-state index in [0.29, 0.717) is 27.0 Å². The van der Waals surface area contributed by atoms with Crippen LogP contribution in [0, 0.1) is 11.3 Å². The van der Waals surface area contributed by atoms with Crippen LogP contribution in [0.15, 0.2) is 36.7 Å². The monoisotopic (exact) mass is 321 g/mol. The highest BCUT2D eigenvalue weighted by atomic mass is 35.5. The lowest BCUT2D eigenvalue weighted by molar-refractivity contribution is 0.403. The van der Waals surface area contributed by atoms with Crippen LogP contribution >= 0.6 is 23.2 Å². The van der Waals surface area contributed by atoms with E-state index in [0.717, 1.165) is 0 Å². The van der Waals surface area contributed by atoms with Crippen molar-refractivity contribution in [1.29, 1.82) is 5.26 Å². The SMILES string of the molecule is COc1ccncc1C(C)(C#N)Nc1ccc(Cl)c(Cl)c1. The first-order valence-electron chi connectivity index (χ1n) is 6.13. The van der Waals surface area contributed by atoms with E-state index in [2.05, 4.69) is 16.4 Å². The summed E-state index contributed by atoms with van der Waals surface area (Å²) in [5, 5.41) is 13.6. The normalized spacial score (nSPS) is 13.1. The van der Waals surface area contributed by atoms with Gasteiger partial charge in [0.1, 0.15) is 5.75 Å². The van der Waals surface area contributed by atoms with Gasteiger partial charge in [-0.1, -0.05) is 23.2 Å². The van der Waals surface area contributed by atoms with Crippen molar-refractivity contribution in [2.75, 3.05) is 12.4 Å². The number of ether oxygens (including phenoxy) is 1. The second kappa shape index (κ2) is 6.21. The molecule has 4 nitrogen and oxygen atoms in total. The van der Waals surface area contributed by atoms with Crippen molar-refractivity contribution in [3.63, 3.8) is 0 Å². The summed E-state index contributed by atoms with van der Waals surface area (Å²) >= 11 is 11.9. The molecule has 2 aromatic rings. The number of nitrogens with one attached hydrogen (secondary N) is 1. The number of anilines is 1. The molecule has 1 atom stereocenters. The first-order chi connectivity index (χ1) is 10.00. The second-order valence-corrected chi connectivity index (χ2v) is 5.38. The Balaban J connectivity index is 2.42. The number of aromatic nitrogens is 1. The third kappa shape index (κ3) is 3.21. The Bertz CT molecular complexity index is 700. The molecule has 6 heteroatoms. The molecule has 0 aliphatic rings. The van der Waals surface area contributed by atoms with Crippen molar-refractivity contribution in [3.05, 3.63) is 52.3 Å². The zero-order chi connectivity index (χ0) is 15.5. The fourth-order valence-corrected chi connectivity index (χ4v) is 2.25. The van der Waals surface area contributed by atoms with Crippen LogP contribution in [-0.4, -0.2) is 12.1 Å². The van der Waals surface area contributed by atoms with E-state index in [9.17, 15) is 5.26 Å². The van der Waals surface area contributed by atoms with Crippen LogP contribution in [0.4, 0.5) is 5.69 Å². The molecule has 21 heavy (non-hydrogen) atoms. The Hall–Kier alpha value is -1.96. The predicted molar refractivity (Wildman–Crippen MR) is 83.8 cm³/mol. The van der Waals surface area contributed by atoms with E-state index in [1.807, 2.05) is 0 Å². The zero-order valence-corrected chi connectivity index (χ0v) is 13.0. The van der Waals surface area contributed by atoms with Crippen LogP contribution in [0.25, 0.3) is 0 Å².